The van der Waals surface area contributed by atoms with E-state index in [0.29, 0.717) is 12.1 Å². The third-order valence-electron chi connectivity index (χ3n) is 2.04. The molecule has 0 bridgehead atoms. The van der Waals surface area contributed by atoms with Crippen LogP contribution in [-0.4, -0.2) is 23.9 Å². The van der Waals surface area contributed by atoms with Gasteiger partial charge < -0.3 is 39.6 Å². The van der Waals surface area contributed by atoms with Crippen molar-refractivity contribution < 1.29 is 56.4 Å². The van der Waals surface area contributed by atoms with E-state index in [0.717, 1.165) is 0 Å². The van der Waals surface area contributed by atoms with Crippen LogP contribution in [-0.2, 0) is 16.8 Å². The van der Waals surface area contributed by atoms with Gasteiger partial charge >= 0.3 is 16.8 Å². The van der Waals surface area contributed by atoms with E-state index in [2.05, 4.69) is 0 Å². The molecule has 1 rings (SSSR count). The standard InChI is InChI=1S/C10H6O8.Co/c11-7(12)3-1-4(8(13)14)6(10(17)18)2-5(3)9(15)16;/h1-2H,(H,11,12)(H,13,14)(H,15,16)(H,17,18);/q;+4/p-4. The van der Waals surface area contributed by atoms with Gasteiger partial charge in [0, 0.05) is 22.3 Å². The monoisotopic (exact) mass is 309 g/mol. The summed E-state index contributed by atoms with van der Waals surface area (Å²) in [4.78, 5) is 42.4. The molecule has 19 heavy (non-hydrogen) atoms. The molecule has 0 aliphatic rings. The first kappa shape index (κ1) is 16.6. The van der Waals surface area contributed by atoms with E-state index in [-0.39, 0.29) is 16.8 Å². The first-order valence-electron chi connectivity index (χ1n) is 4.29. The van der Waals surface area contributed by atoms with Gasteiger partial charge in [-0.05, 0) is 12.1 Å². The Bertz CT molecular complexity index is 479. The summed E-state index contributed by atoms with van der Waals surface area (Å²) in [5.41, 5.74) is -4.11. The van der Waals surface area contributed by atoms with Crippen molar-refractivity contribution in [2.24, 2.45) is 0 Å². The van der Waals surface area contributed by atoms with Gasteiger partial charge in [-0.3, -0.25) is 0 Å². The van der Waals surface area contributed by atoms with Crippen LogP contribution in [0.1, 0.15) is 41.4 Å². The zero-order chi connectivity index (χ0) is 14.0. The molecular formula is C10H2CoO8. The summed E-state index contributed by atoms with van der Waals surface area (Å²) >= 11 is 0. The summed E-state index contributed by atoms with van der Waals surface area (Å²) in [6.45, 7) is 0. The molecule has 1 aromatic rings. The maximum absolute atomic E-state index is 10.6. The van der Waals surface area contributed by atoms with Crippen molar-refractivity contribution in [2.45, 2.75) is 0 Å². The molecular weight excluding hydrogens is 307 g/mol. The Kier molecular flexibility index (Phi) is 5.22. The summed E-state index contributed by atoms with van der Waals surface area (Å²) in [6, 6.07) is 0.613. The Morgan fingerprint density at radius 2 is 0.737 bits per heavy atom. The molecule has 0 unspecified atom stereocenters. The molecule has 0 aliphatic heterocycles. The molecule has 0 aliphatic carbocycles. The second kappa shape index (κ2) is 5.97. The van der Waals surface area contributed by atoms with Crippen LogP contribution in [0, 0.1) is 0 Å². The molecule has 1 radical (unpaired) electrons. The molecule has 1 aromatic carbocycles. The number of hydrogen-bond donors (Lipinski definition) is 0. The van der Waals surface area contributed by atoms with E-state index in [9.17, 15) is 39.6 Å². The number of hydrogen-bond acceptors (Lipinski definition) is 8. The van der Waals surface area contributed by atoms with Crippen LogP contribution in [0.15, 0.2) is 12.1 Å². The van der Waals surface area contributed by atoms with Gasteiger partial charge in [0.05, 0.1) is 23.9 Å². The quantitative estimate of drug-likeness (QED) is 0.535. The van der Waals surface area contributed by atoms with Crippen molar-refractivity contribution >= 4 is 23.9 Å². The summed E-state index contributed by atoms with van der Waals surface area (Å²) in [7, 11) is 0. The first-order chi connectivity index (χ1) is 8.25. The molecule has 0 aromatic heterocycles. The maximum atomic E-state index is 10.6. The minimum absolute atomic E-state index is 0. The van der Waals surface area contributed by atoms with Crippen LogP contribution < -0.4 is 20.4 Å². The number of carboxylic acid groups (broad SMARTS) is 4. The minimum Gasteiger partial charge on any atom is -0.545 e. The van der Waals surface area contributed by atoms with E-state index in [1.54, 1.807) is 0 Å². The SMILES string of the molecule is O=C([O-])c1cc(C(=O)[O-])c(C(=O)[O-])cc1C(=O)[O-].[Co+4]. The van der Waals surface area contributed by atoms with Crippen LogP contribution in [0.25, 0.3) is 0 Å². The molecule has 0 spiro atoms. The molecule has 8 nitrogen and oxygen atoms in total. The topological polar surface area (TPSA) is 161 Å². The molecule has 0 atom stereocenters. The fourth-order valence-electron chi connectivity index (χ4n) is 1.28. The fraction of sp³-hybridized carbons (Fsp3) is 0. The van der Waals surface area contributed by atoms with Crippen molar-refractivity contribution in [3.05, 3.63) is 34.4 Å². The fourth-order valence-corrected chi connectivity index (χ4v) is 1.28. The van der Waals surface area contributed by atoms with E-state index < -0.39 is 46.1 Å². The average Bonchev–Trinajstić information content (AvgIpc) is 2.26. The number of rotatable bonds is 4. The smallest absolute Gasteiger partial charge is 0.545 e. The Morgan fingerprint density at radius 1 is 0.579 bits per heavy atom. The van der Waals surface area contributed by atoms with E-state index >= 15 is 0 Å². The Labute approximate surface area is 115 Å². The van der Waals surface area contributed by atoms with Crippen molar-refractivity contribution in [3.8, 4) is 0 Å². The normalized spacial score (nSPS) is 9.26. The average molecular weight is 309 g/mol. The van der Waals surface area contributed by atoms with E-state index in [1.165, 1.54) is 0 Å². The third kappa shape index (κ3) is 3.30. The van der Waals surface area contributed by atoms with Crippen molar-refractivity contribution in [1.29, 1.82) is 0 Å². The molecule has 0 heterocycles. The first-order valence-corrected chi connectivity index (χ1v) is 4.29. The van der Waals surface area contributed by atoms with Crippen LogP contribution in [0.3, 0.4) is 0 Å². The molecule has 0 amide bonds. The predicted molar refractivity (Wildman–Crippen MR) is 43.8 cm³/mol. The van der Waals surface area contributed by atoms with Crippen molar-refractivity contribution in [2.75, 3.05) is 0 Å². The Hall–Kier alpha value is -2.39. The summed E-state index contributed by atoms with van der Waals surface area (Å²) in [5.74, 6) is -7.99. The van der Waals surface area contributed by atoms with Gasteiger partial charge in [0.15, 0.2) is 0 Å². The Balaban J connectivity index is 0.00000324. The largest absolute Gasteiger partial charge is 4.00 e. The molecule has 0 saturated carbocycles. The molecule has 0 saturated heterocycles. The van der Waals surface area contributed by atoms with Gasteiger partial charge in [-0.2, -0.15) is 0 Å². The van der Waals surface area contributed by atoms with Gasteiger partial charge in [-0.25, -0.2) is 0 Å². The molecule has 9 heteroatoms. The van der Waals surface area contributed by atoms with Crippen LogP contribution in [0.5, 0.6) is 0 Å². The molecule has 0 N–H and O–H groups in total. The van der Waals surface area contributed by atoms with Crippen molar-refractivity contribution in [1.82, 2.24) is 0 Å². The van der Waals surface area contributed by atoms with Crippen LogP contribution in [0.2, 0.25) is 0 Å². The number of benzene rings is 1. The number of carboxylic acids is 4. The summed E-state index contributed by atoms with van der Waals surface area (Å²) in [6.07, 6.45) is 0. The van der Waals surface area contributed by atoms with Gasteiger partial charge in [0.25, 0.3) is 0 Å². The predicted octanol–water partition coefficient (Wildman–Crippen LogP) is -4.86. The maximum Gasteiger partial charge on any atom is 4.00 e. The second-order valence-electron chi connectivity index (χ2n) is 3.09. The van der Waals surface area contributed by atoms with Crippen LogP contribution >= 0.6 is 0 Å². The number of carbonyl (C=O) groups excluding carboxylic acids is 4. The van der Waals surface area contributed by atoms with Gasteiger partial charge in [0.1, 0.15) is 0 Å². The van der Waals surface area contributed by atoms with Gasteiger partial charge in [-0.15, -0.1) is 0 Å². The zero-order valence-electron chi connectivity index (χ0n) is 8.75. The number of aromatic carboxylic acids is 4. The van der Waals surface area contributed by atoms with Crippen molar-refractivity contribution in [3.63, 3.8) is 0 Å². The summed E-state index contributed by atoms with van der Waals surface area (Å²) < 4.78 is 0. The van der Waals surface area contributed by atoms with E-state index in [4.69, 9.17) is 0 Å². The zero-order valence-corrected chi connectivity index (χ0v) is 9.80. The minimum atomic E-state index is -2.00. The summed E-state index contributed by atoms with van der Waals surface area (Å²) in [5, 5.41) is 42.4. The van der Waals surface area contributed by atoms with Gasteiger partial charge in [0.2, 0.25) is 0 Å². The van der Waals surface area contributed by atoms with Crippen LogP contribution in [0.4, 0.5) is 0 Å². The number of carbonyl (C=O) groups is 4. The molecule has 99 valence electrons. The second-order valence-corrected chi connectivity index (χ2v) is 3.09. The van der Waals surface area contributed by atoms with Gasteiger partial charge in [-0.1, -0.05) is 0 Å². The molecule has 0 fully saturated rings. The Morgan fingerprint density at radius 3 is 0.842 bits per heavy atom. The third-order valence-corrected chi connectivity index (χ3v) is 2.04. The van der Waals surface area contributed by atoms with E-state index in [1.807, 2.05) is 0 Å².